The molecule has 0 aromatic carbocycles. The summed E-state index contributed by atoms with van der Waals surface area (Å²) in [5.41, 5.74) is 1.09. The van der Waals surface area contributed by atoms with Crippen molar-refractivity contribution in [2.45, 2.75) is 13.3 Å². The summed E-state index contributed by atoms with van der Waals surface area (Å²) in [7, 11) is 0. The van der Waals surface area contributed by atoms with Gasteiger partial charge in [-0.3, -0.25) is 5.32 Å². The first kappa shape index (κ1) is 10.7. The molecule has 0 aliphatic rings. The number of allylic oxidation sites excluding steroid dienone is 2. The molecule has 0 amide bonds. The lowest BCUT2D eigenvalue weighted by Gasteiger charge is -2.02. The summed E-state index contributed by atoms with van der Waals surface area (Å²) in [6.07, 6.45) is 2.46. The van der Waals surface area contributed by atoms with Crippen LogP contribution >= 0.6 is 11.6 Å². The first-order valence-corrected chi connectivity index (χ1v) is 3.89. The van der Waals surface area contributed by atoms with Crippen molar-refractivity contribution in [3.05, 3.63) is 23.3 Å². The molecule has 0 heterocycles. The maximum absolute atomic E-state index is 8.39. The predicted molar refractivity (Wildman–Crippen MR) is 48.5 cm³/mol. The van der Waals surface area contributed by atoms with Gasteiger partial charge in [0.15, 0.2) is 0 Å². The van der Waals surface area contributed by atoms with Crippen LogP contribution in [0.5, 0.6) is 0 Å². The fourth-order valence-corrected chi connectivity index (χ4v) is 0.743. The monoisotopic (exact) mass is 175 g/mol. The summed E-state index contributed by atoms with van der Waals surface area (Å²) in [6.45, 7) is 6.25. The van der Waals surface area contributed by atoms with Crippen LogP contribution < -0.4 is 5.32 Å². The first-order chi connectivity index (χ1) is 5.22. The first-order valence-electron chi connectivity index (χ1n) is 3.51. The van der Waals surface area contributed by atoms with Crippen molar-refractivity contribution in [3.63, 3.8) is 0 Å². The van der Waals surface area contributed by atoms with E-state index in [1.807, 2.05) is 6.92 Å². The average Bonchev–Trinajstić information content (AvgIpc) is 2.03. The van der Waals surface area contributed by atoms with Gasteiger partial charge in [-0.05, 0) is 13.3 Å². The van der Waals surface area contributed by atoms with Crippen LogP contribution in [0.3, 0.4) is 0 Å². The Morgan fingerprint density at radius 3 is 2.82 bits per heavy atom. The second-order valence-electron chi connectivity index (χ2n) is 2.24. The molecule has 3 heteroatoms. The molecule has 0 aromatic rings. The van der Waals surface area contributed by atoms with Gasteiger partial charge in [0.25, 0.3) is 0 Å². The Morgan fingerprint density at radius 1 is 1.73 bits per heavy atom. The summed E-state index contributed by atoms with van der Waals surface area (Å²) in [5.74, 6) is 0. The third kappa shape index (κ3) is 5.01. The Morgan fingerprint density at radius 2 is 2.36 bits per heavy atom. The number of aliphatic hydroxyl groups excluding tert-OH is 1. The van der Waals surface area contributed by atoms with Gasteiger partial charge in [0, 0.05) is 11.6 Å². The van der Waals surface area contributed by atoms with Gasteiger partial charge in [-0.25, -0.2) is 0 Å². The van der Waals surface area contributed by atoms with Crippen LogP contribution in [0.1, 0.15) is 13.3 Å². The van der Waals surface area contributed by atoms with Gasteiger partial charge in [-0.1, -0.05) is 29.8 Å². The molecule has 0 spiro atoms. The van der Waals surface area contributed by atoms with Crippen molar-refractivity contribution < 1.29 is 5.11 Å². The maximum atomic E-state index is 8.39. The van der Waals surface area contributed by atoms with E-state index in [0.29, 0.717) is 5.03 Å². The van der Waals surface area contributed by atoms with Crippen molar-refractivity contribution in [2.75, 3.05) is 13.3 Å². The molecule has 0 aromatic heterocycles. The summed E-state index contributed by atoms with van der Waals surface area (Å²) in [6, 6.07) is 0. The van der Waals surface area contributed by atoms with Crippen molar-refractivity contribution in [1.29, 1.82) is 0 Å². The fraction of sp³-hybridized carbons (Fsp3) is 0.500. The minimum atomic E-state index is 0.0129. The zero-order valence-electron chi connectivity index (χ0n) is 6.73. The topological polar surface area (TPSA) is 32.3 Å². The van der Waals surface area contributed by atoms with Gasteiger partial charge >= 0.3 is 0 Å². The van der Waals surface area contributed by atoms with Gasteiger partial charge in [0.05, 0.1) is 6.73 Å². The SMILES string of the molecule is C=C/C(Cl)=C(\C)CCNCO. The number of halogens is 1. The van der Waals surface area contributed by atoms with Crippen molar-refractivity contribution >= 4 is 11.6 Å². The molecule has 2 nitrogen and oxygen atoms in total. The summed E-state index contributed by atoms with van der Waals surface area (Å²) in [4.78, 5) is 0. The average molecular weight is 176 g/mol. The Balaban J connectivity index is 3.67. The Bertz CT molecular complexity index is 154. The molecule has 0 atom stereocenters. The summed E-state index contributed by atoms with van der Waals surface area (Å²) >= 11 is 5.77. The van der Waals surface area contributed by atoms with Crippen LogP contribution in [-0.4, -0.2) is 18.4 Å². The molecule has 0 unspecified atom stereocenters. The highest BCUT2D eigenvalue weighted by atomic mass is 35.5. The predicted octanol–water partition coefficient (Wildman–Crippen LogP) is 1.61. The van der Waals surface area contributed by atoms with E-state index in [2.05, 4.69) is 11.9 Å². The van der Waals surface area contributed by atoms with Gasteiger partial charge in [0.2, 0.25) is 0 Å². The molecule has 64 valence electrons. The number of hydrogen-bond donors (Lipinski definition) is 2. The van der Waals surface area contributed by atoms with Crippen molar-refractivity contribution in [2.24, 2.45) is 0 Å². The van der Waals surface area contributed by atoms with E-state index in [0.717, 1.165) is 18.5 Å². The number of rotatable bonds is 5. The van der Waals surface area contributed by atoms with E-state index >= 15 is 0 Å². The highest BCUT2D eigenvalue weighted by Gasteiger charge is 1.94. The van der Waals surface area contributed by atoms with Crippen LogP contribution in [-0.2, 0) is 0 Å². The quantitative estimate of drug-likeness (QED) is 0.378. The molecule has 2 N–H and O–H groups in total. The third-order valence-corrected chi connectivity index (χ3v) is 1.85. The van der Waals surface area contributed by atoms with E-state index < -0.39 is 0 Å². The lowest BCUT2D eigenvalue weighted by Crippen LogP contribution is -2.16. The molecule has 0 fully saturated rings. The maximum Gasteiger partial charge on any atom is 0.0931 e. The van der Waals surface area contributed by atoms with E-state index in [4.69, 9.17) is 16.7 Å². The molecule has 0 radical (unpaired) electrons. The van der Waals surface area contributed by atoms with E-state index in [1.165, 1.54) is 0 Å². The molecule has 0 bridgehead atoms. The highest BCUT2D eigenvalue weighted by Crippen LogP contribution is 2.12. The molecular formula is C8H14ClNO. The normalized spacial score (nSPS) is 12.6. The van der Waals surface area contributed by atoms with Crippen LogP contribution in [0.25, 0.3) is 0 Å². The molecular weight excluding hydrogens is 162 g/mol. The smallest absolute Gasteiger partial charge is 0.0931 e. The van der Waals surface area contributed by atoms with Gasteiger partial charge in [-0.2, -0.15) is 0 Å². The van der Waals surface area contributed by atoms with Crippen LogP contribution in [0.2, 0.25) is 0 Å². The Labute approximate surface area is 72.6 Å². The Kier molecular flexibility index (Phi) is 6.22. The largest absolute Gasteiger partial charge is 0.381 e. The zero-order chi connectivity index (χ0) is 8.69. The van der Waals surface area contributed by atoms with Gasteiger partial charge in [-0.15, -0.1) is 0 Å². The second kappa shape index (κ2) is 6.40. The number of aliphatic hydroxyl groups is 1. The molecule has 0 aliphatic heterocycles. The third-order valence-electron chi connectivity index (χ3n) is 1.38. The van der Waals surface area contributed by atoms with Gasteiger partial charge < -0.3 is 5.11 Å². The van der Waals surface area contributed by atoms with Crippen molar-refractivity contribution in [1.82, 2.24) is 5.32 Å². The molecule has 0 saturated heterocycles. The molecule has 0 saturated carbocycles. The van der Waals surface area contributed by atoms with Crippen LogP contribution in [0, 0.1) is 0 Å². The van der Waals surface area contributed by atoms with E-state index in [9.17, 15) is 0 Å². The van der Waals surface area contributed by atoms with Crippen molar-refractivity contribution in [3.8, 4) is 0 Å². The minimum Gasteiger partial charge on any atom is -0.381 e. The lowest BCUT2D eigenvalue weighted by atomic mass is 10.2. The highest BCUT2D eigenvalue weighted by molar-refractivity contribution is 6.31. The lowest BCUT2D eigenvalue weighted by molar-refractivity contribution is 0.262. The summed E-state index contributed by atoms with van der Waals surface area (Å²) in [5, 5.41) is 11.9. The molecule has 0 rings (SSSR count). The second-order valence-corrected chi connectivity index (χ2v) is 2.65. The standard InChI is InChI=1S/C8H14ClNO/c1-3-8(9)7(2)4-5-10-6-11/h3,10-11H,1,4-6H2,2H3/b8-7-. The van der Waals surface area contributed by atoms with Crippen LogP contribution in [0.15, 0.2) is 23.3 Å². The minimum absolute atomic E-state index is 0.0129. The molecule has 0 aliphatic carbocycles. The van der Waals surface area contributed by atoms with E-state index in [-0.39, 0.29) is 6.73 Å². The molecule has 11 heavy (non-hydrogen) atoms. The number of nitrogens with one attached hydrogen (secondary N) is 1. The van der Waals surface area contributed by atoms with Crippen LogP contribution in [0.4, 0.5) is 0 Å². The fourth-order valence-electron chi connectivity index (χ4n) is 0.649. The zero-order valence-corrected chi connectivity index (χ0v) is 7.49. The summed E-state index contributed by atoms with van der Waals surface area (Å²) < 4.78 is 0. The Hall–Kier alpha value is -0.310. The number of hydrogen-bond acceptors (Lipinski definition) is 2. The van der Waals surface area contributed by atoms with E-state index in [1.54, 1.807) is 6.08 Å². The van der Waals surface area contributed by atoms with Gasteiger partial charge in [0.1, 0.15) is 0 Å².